The van der Waals surface area contributed by atoms with Crippen LogP contribution in [0.3, 0.4) is 0 Å². The highest BCUT2D eigenvalue weighted by Gasteiger charge is 2.51. The zero-order chi connectivity index (χ0) is 32.9. The van der Waals surface area contributed by atoms with Crippen LogP contribution in [0.5, 0.6) is 0 Å². The Bertz CT molecular complexity index is 904. The van der Waals surface area contributed by atoms with E-state index in [2.05, 4.69) is 18.7 Å². The molecule has 11 heteroatoms. The lowest BCUT2D eigenvalue weighted by molar-refractivity contribution is -0.295. The summed E-state index contributed by atoms with van der Waals surface area (Å²) >= 11 is 0. The van der Waals surface area contributed by atoms with Crippen LogP contribution in [0.2, 0.25) is 0 Å². The number of carbonyl (C=O) groups is 2. The molecule has 2 N–H and O–H groups in total. The molecule has 0 saturated carbocycles. The minimum atomic E-state index is -1.49. The smallest absolute Gasteiger partial charge is 0.319 e. The highest BCUT2D eigenvalue weighted by atomic mass is 16.7. The fourth-order valence-corrected chi connectivity index (χ4v) is 6.67. The summed E-state index contributed by atoms with van der Waals surface area (Å²) in [5.41, 5.74) is -2.46. The average molecular weight is 616 g/mol. The van der Waals surface area contributed by atoms with Crippen molar-refractivity contribution >= 4 is 11.8 Å². The van der Waals surface area contributed by atoms with Gasteiger partial charge in [-0.25, -0.2) is 0 Å². The number of cyclic esters (lactones) is 1. The Morgan fingerprint density at radius 1 is 1.14 bits per heavy atom. The van der Waals surface area contributed by atoms with Crippen molar-refractivity contribution in [2.24, 2.45) is 17.3 Å². The minimum absolute atomic E-state index is 0.0302. The molecule has 252 valence electrons. The summed E-state index contributed by atoms with van der Waals surface area (Å²) in [6, 6.07) is -0.639. The van der Waals surface area contributed by atoms with Crippen molar-refractivity contribution in [2.75, 3.05) is 61.5 Å². The molecule has 2 saturated heterocycles. The Labute approximate surface area is 260 Å². The standard InChI is InChI=1S/C32H61N3O8/c1-13-34(10)15-14-25(36)24-19-41-30(39)31(5,6)27(38)22(4)28(32(7,40-12)17-20(2)18-35(24)11)43-29-26(37)23(33(8)9)16-21(3)42-29/h20-26,28-29,36-37H,13-19H2,1-12H3/t20-,21-,22+,23+,24+,25-,26-,28-,29+,32-/m1/s1. The van der Waals surface area contributed by atoms with Gasteiger partial charge in [-0.15, -0.1) is 0 Å². The minimum Gasteiger partial charge on any atom is -0.463 e. The van der Waals surface area contributed by atoms with Crippen LogP contribution >= 0.6 is 0 Å². The van der Waals surface area contributed by atoms with Gasteiger partial charge < -0.3 is 39.0 Å². The lowest BCUT2D eigenvalue weighted by Crippen LogP contribution is -2.59. The third kappa shape index (κ3) is 9.42. The van der Waals surface area contributed by atoms with E-state index in [1.54, 1.807) is 27.9 Å². The van der Waals surface area contributed by atoms with E-state index in [1.807, 2.05) is 51.8 Å². The molecular weight excluding hydrogens is 554 g/mol. The van der Waals surface area contributed by atoms with Crippen LogP contribution in [-0.2, 0) is 28.5 Å². The summed E-state index contributed by atoms with van der Waals surface area (Å²) in [6.45, 7) is 15.0. The first-order chi connectivity index (χ1) is 19.9. The molecule has 2 aliphatic heterocycles. The number of hydrogen-bond acceptors (Lipinski definition) is 11. The third-order valence-corrected chi connectivity index (χ3v) is 9.71. The Kier molecular flexibility index (Phi) is 14.0. The van der Waals surface area contributed by atoms with Crippen molar-refractivity contribution in [1.29, 1.82) is 0 Å². The number of Topliss-reactive ketones (excluding diaryl/α,β-unsaturated/α-hetero) is 1. The quantitative estimate of drug-likeness (QED) is 0.293. The molecule has 10 atom stereocenters. The number of carbonyl (C=O) groups excluding carboxylic acids is 2. The Hall–Kier alpha value is -1.18. The Balaban J connectivity index is 2.49. The summed E-state index contributed by atoms with van der Waals surface area (Å²) in [4.78, 5) is 33.7. The van der Waals surface area contributed by atoms with Crippen molar-refractivity contribution in [3.63, 3.8) is 0 Å². The maximum Gasteiger partial charge on any atom is 0.319 e. The van der Waals surface area contributed by atoms with Crippen LogP contribution in [0.25, 0.3) is 0 Å². The first-order valence-electron chi connectivity index (χ1n) is 15.9. The van der Waals surface area contributed by atoms with Gasteiger partial charge in [0.2, 0.25) is 0 Å². The molecule has 0 amide bonds. The van der Waals surface area contributed by atoms with Crippen molar-refractivity contribution < 1.29 is 38.7 Å². The second-order valence-electron chi connectivity index (χ2n) is 14.1. The number of ether oxygens (including phenoxy) is 4. The van der Waals surface area contributed by atoms with E-state index in [1.165, 1.54) is 0 Å². The highest BCUT2D eigenvalue weighted by molar-refractivity contribution is 6.04. The molecule has 0 spiro atoms. The fraction of sp³-hybridized carbons (Fsp3) is 0.938. The molecule has 0 radical (unpaired) electrons. The predicted molar refractivity (Wildman–Crippen MR) is 166 cm³/mol. The number of rotatable bonds is 9. The lowest BCUT2D eigenvalue weighted by Gasteiger charge is -2.47. The van der Waals surface area contributed by atoms with E-state index in [0.717, 1.165) is 6.54 Å². The second kappa shape index (κ2) is 15.9. The average Bonchev–Trinajstić information content (AvgIpc) is 2.94. The number of nitrogens with zero attached hydrogens (tertiary/aromatic N) is 3. The van der Waals surface area contributed by atoms with Crippen molar-refractivity contribution in [3.8, 4) is 0 Å². The molecular formula is C32H61N3O8. The van der Waals surface area contributed by atoms with E-state index in [0.29, 0.717) is 32.4 Å². The van der Waals surface area contributed by atoms with E-state index < -0.39 is 53.5 Å². The number of aliphatic hydroxyl groups excluding tert-OH is 2. The van der Waals surface area contributed by atoms with E-state index in [9.17, 15) is 19.8 Å². The Morgan fingerprint density at radius 2 is 1.77 bits per heavy atom. The molecule has 0 aromatic rings. The first-order valence-corrected chi connectivity index (χ1v) is 15.9. The summed E-state index contributed by atoms with van der Waals surface area (Å²) < 4.78 is 24.6. The topological polar surface area (TPSA) is 121 Å². The van der Waals surface area contributed by atoms with Crippen molar-refractivity contribution in [3.05, 3.63) is 0 Å². The molecule has 0 aromatic heterocycles. The molecule has 2 fully saturated rings. The van der Waals surface area contributed by atoms with Crippen LogP contribution in [0, 0.1) is 17.3 Å². The molecule has 0 aliphatic carbocycles. The zero-order valence-electron chi connectivity index (χ0n) is 28.8. The van der Waals surface area contributed by atoms with E-state index in [4.69, 9.17) is 18.9 Å². The zero-order valence-corrected chi connectivity index (χ0v) is 28.8. The van der Waals surface area contributed by atoms with Crippen LogP contribution in [-0.4, -0.2) is 147 Å². The van der Waals surface area contributed by atoms with Gasteiger partial charge in [0.25, 0.3) is 0 Å². The maximum atomic E-state index is 14.1. The first kappa shape index (κ1) is 38.0. The molecule has 2 aliphatic rings. The van der Waals surface area contributed by atoms with Gasteiger partial charge in [-0.1, -0.05) is 20.8 Å². The van der Waals surface area contributed by atoms with Crippen molar-refractivity contribution in [2.45, 2.75) is 116 Å². The highest BCUT2D eigenvalue weighted by Crippen LogP contribution is 2.38. The summed E-state index contributed by atoms with van der Waals surface area (Å²) in [6.07, 6.45) is -2.01. The van der Waals surface area contributed by atoms with Gasteiger partial charge in [-0.2, -0.15) is 0 Å². The van der Waals surface area contributed by atoms with Crippen LogP contribution in [0.1, 0.15) is 67.7 Å². The van der Waals surface area contributed by atoms with Gasteiger partial charge in [0.05, 0.1) is 30.0 Å². The second-order valence-corrected chi connectivity index (χ2v) is 14.1. The van der Waals surface area contributed by atoms with Gasteiger partial charge in [0, 0.05) is 32.2 Å². The van der Waals surface area contributed by atoms with Crippen LogP contribution in [0.15, 0.2) is 0 Å². The molecule has 2 heterocycles. The fourth-order valence-electron chi connectivity index (χ4n) is 6.67. The molecule has 0 bridgehead atoms. The van der Waals surface area contributed by atoms with Crippen molar-refractivity contribution in [1.82, 2.24) is 14.7 Å². The normalized spacial score (nSPS) is 37.9. The number of aliphatic hydroxyl groups is 2. The van der Waals surface area contributed by atoms with Gasteiger partial charge in [0.15, 0.2) is 12.1 Å². The maximum absolute atomic E-state index is 14.1. The number of esters is 1. The Morgan fingerprint density at radius 3 is 2.33 bits per heavy atom. The predicted octanol–water partition coefficient (Wildman–Crippen LogP) is 2.02. The largest absolute Gasteiger partial charge is 0.463 e. The molecule has 11 nitrogen and oxygen atoms in total. The number of likely N-dealkylation sites (N-methyl/N-ethyl adjacent to an activating group) is 2. The lowest BCUT2D eigenvalue weighted by atomic mass is 9.74. The number of ketones is 1. The molecule has 43 heavy (non-hydrogen) atoms. The van der Waals surface area contributed by atoms with Gasteiger partial charge in [-0.3, -0.25) is 14.5 Å². The summed E-state index contributed by atoms with van der Waals surface area (Å²) in [7, 11) is 9.34. The summed E-state index contributed by atoms with van der Waals surface area (Å²) in [5, 5.41) is 22.5. The SMILES string of the molecule is CCN(C)CC[C@@H](O)[C@@H]1COC(=O)C(C)(C)C(=O)[C@H](C)[C@@H](O[C@@H]2O[C@H](C)C[C@H](N(C)C)[C@H]2O)[C@](C)(OC)C[C@@H](C)CN1C. The molecule has 0 aromatic carbocycles. The van der Waals surface area contributed by atoms with E-state index >= 15 is 0 Å². The summed E-state index contributed by atoms with van der Waals surface area (Å²) in [5.74, 6) is -1.75. The number of hydrogen-bond donors (Lipinski definition) is 2. The number of methoxy groups -OCH3 is 1. The monoisotopic (exact) mass is 615 g/mol. The third-order valence-electron chi connectivity index (χ3n) is 9.71. The van der Waals surface area contributed by atoms with Crippen LogP contribution in [0.4, 0.5) is 0 Å². The molecule has 0 unspecified atom stereocenters. The van der Waals surface area contributed by atoms with Gasteiger partial charge >= 0.3 is 5.97 Å². The van der Waals surface area contributed by atoms with E-state index in [-0.39, 0.29) is 30.5 Å². The van der Waals surface area contributed by atoms with Gasteiger partial charge in [-0.05, 0) is 87.6 Å². The van der Waals surface area contributed by atoms with Crippen LogP contribution < -0.4 is 0 Å². The molecule has 2 rings (SSSR count). The van der Waals surface area contributed by atoms with Gasteiger partial charge in [0.1, 0.15) is 18.1 Å².